The summed E-state index contributed by atoms with van der Waals surface area (Å²) in [7, 11) is 5.68. The molecule has 7 heteroatoms. The van der Waals surface area contributed by atoms with Gasteiger partial charge in [0.1, 0.15) is 5.75 Å². The molecule has 3 rings (SSSR count). The molecule has 0 spiro atoms. The lowest BCUT2D eigenvalue weighted by atomic mass is 10.1. The van der Waals surface area contributed by atoms with E-state index in [1.165, 1.54) is 16.7 Å². The first-order chi connectivity index (χ1) is 13.5. The molecule has 0 unspecified atom stereocenters. The van der Waals surface area contributed by atoms with Crippen LogP contribution in [0.2, 0.25) is 0 Å². The van der Waals surface area contributed by atoms with E-state index < -0.39 is 0 Å². The van der Waals surface area contributed by atoms with Crippen molar-refractivity contribution in [3.05, 3.63) is 58.5 Å². The first-order valence-corrected chi connectivity index (χ1v) is 9.84. The summed E-state index contributed by atoms with van der Waals surface area (Å²) in [5.74, 6) is 0.414. The van der Waals surface area contributed by atoms with Gasteiger partial charge in [0, 0.05) is 10.5 Å². The maximum atomic E-state index is 12.5. The van der Waals surface area contributed by atoms with Crippen LogP contribution in [0.5, 0.6) is 5.75 Å². The van der Waals surface area contributed by atoms with E-state index in [2.05, 4.69) is 10.6 Å². The van der Waals surface area contributed by atoms with Gasteiger partial charge in [-0.05, 0) is 42.0 Å². The number of nitrogens with one attached hydrogen (secondary N) is 3. The number of carbonyl (C=O) groups excluding carboxylic acids is 2. The Balaban J connectivity index is 1.75. The molecular weight excluding hydrogens is 374 g/mol. The number of amides is 2. The quantitative estimate of drug-likeness (QED) is 0.647. The third-order valence-electron chi connectivity index (χ3n) is 4.24. The predicted molar refractivity (Wildman–Crippen MR) is 112 cm³/mol. The number of quaternary nitrogens is 1. The zero-order valence-corrected chi connectivity index (χ0v) is 17.0. The van der Waals surface area contributed by atoms with Gasteiger partial charge in [0.25, 0.3) is 11.8 Å². The van der Waals surface area contributed by atoms with E-state index in [1.54, 1.807) is 19.2 Å². The molecule has 2 aromatic carbocycles. The third kappa shape index (κ3) is 4.94. The molecule has 1 aliphatic heterocycles. The fourth-order valence-corrected chi connectivity index (χ4v) is 3.64. The van der Waals surface area contributed by atoms with Crippen LogP contribution in [-0.2, 0) is 4.79 Å². The van der Waals surface area contributed by atoms with Gasteiger partial charge in [-0.25, -0.2) is 0 Å². The number of carbonyl (C=O) groups is 2. The number of rotatable bonds is 6. The maximum absolute atomic E-state index is 12.5. The van der Waals surface area contributed by atoms with E-state index in [0.717, 1.165) is 22.8 Å². The number of likely N-dealkylation sites (N-methyl/N-ethyl adjacent to an activating group) is 1. The molecule has 6 nitrogen and oxygen atoms in total. The monoisotopic (exact) mass is 398 g/mol. The highest BCUT2D eigenvalue weighted by molar-refractivity contribution is 8.04. The number of thioether (sulfide) groups is 1. The fourth-order valence-electron chi connectivity index (χ4n) is 2.71. The number of hydrogen-bond donors (Lipinski definition) is 3. The Morgan fingerprint density at radius 2 is 2.07 bits per heavy atom. The second-order valence-corrected chi connectivity index (χ2v) is 7.85. The van der Waals surface area contributed by atoms with Gasteiger partial charge in [0.05, 0.1) is 44.9 Å². The van der Waals surface area contributed by atoms with Crippen LogP contribution >= 0.6 is 11.8 Å². The number of hydrogen-bond acceptors (Lipinski definition) is 4. The van der Waals surface area contributed by atoms with Gasteiger partial charge in [-0.2, -0.15) is 0 Å². The average molecular weight is 399 g/mol. The first kappa shape index (κ1) is 20.0. The van der Waals surface area contributed by atoms with Crippen molar-refractivity contribution in [2.75, 3.05) is 39.6 Å². The van der Waals surface area contributed by atoms with Crippen LogP contribution in [0, 0.1) is 0 Å². The summed E-state index contributed by atoms with van der Waals surface area (Å²) in [6.45, 7) is 1.45. The molecule has 1 heterocycles. The summed E-state index contributed by atoms with van der Waals surface area (Å²) in [6.07, 6.45) is 1.83. The Hall–Kier alpha value is -2.77. The number of fused-ring (bicyclic) bond motifs is 1. The fraction of sp³-hybridized carbons (Fsp3) is 0.238. The molecule has 28 heavy (non-hydrogen) atoms. The van der Waals surface area contributed by atoms with Gasteiger partial charge < -0.3 is 20.3 Å². The molecule has 0 aromatic heterocycles. The number of benzene rings is 2. The van der Waals surface area contributed by atoms with E-state index in [0.29, 0.717) is 22.7 Å². The smallest absolute Gasteiger partial charge is 0.262 e. The van der Waals surface area contributed by atoms with Gasteiger partial charge in [0.2, 0.25) is 0 Å². The lowest BCUT2D eigenvalue weighted by molar-refractivity contribution is -0.856. The molecule has 0 fully saturated rings. The van der Waals surface area contributed by atoms with Crippen LogP contribution in [0.1, 0.15) is 15.9 Å². The Bertz CT molecular complexity index is 925. The summed E-state index contributed by atoms with van der Waals surface area (Å²) in [5.41, 5.74) is 2.08. The summed E-state index contributed by atoms with van der Waals surface area (Å²) >= 11 is 1.39. The first-order valence-electron chi connectivity index (χ1n) is 9.02. The van der Waals surface area contributed by atoms with Crippen molar-refractivity contribution in [1.29, 1.82) is 0 Å². The summed E-state index contributed by atoms with van der Waals surface area (Å²) in [6, 6.07) is 12.9. The highest BCUT2D eigenvalue weighted by atomic mass is 32.2. The van der Waals surface area contributed by atoms with Crippen molar-refractivity contribution in [3.8, 4) is 5.75 Å². The van der Waals surface area contributed by atoms with E-state index in [9.17, 15) is 9.59 Å². The number of methoxy groups -OCH3 is 1. The van der Waals surface area contributed by atoms with Crippen LogP contribution in [-0.4, -0.2) is 46.1 Å². The van der Waals surface area contributed by atoms with E-state index in [4.69, 9.17) is 4.74 Å². The van der Waals surface area contributed by atoms with Crippen molar-refractivity contribution >= 4 is 35.3 Å². The van der Waals surface area contributed by atoms with Crippen LogP contribution in [0.15, 0.2) is 52.3 Å². The molecule has 0 bridgehead atoms. The van der Waals surface area contributed by atoms with Crippen LogP contribution in [0.25, 0.3) is 6.08 Å². The van der Waals surface area contributed by atoms with Gasteiger partial charge >= 0.3 is 0 Å². The SMILES string of the molecule is COc1cccc(C=C2Sc3ccc(C(=O)NCC[NH+](C)C)cc3NC2=O)c1. The standard InChI is InChI=1S/C21H23N3O3S/c1-24(2)10-9-22-20(25)15-7-8-18-17(13-15)23-21(26)19(28-18)12-14-5-4-6-16(11-14)27-3/h4-8,11-13H,9-10H2,1-3H3,(H,22,25)(H,23,26)/p+1. The number of ether oxygens (including phenoxy) is 1. The Labute approximate surface area is 168 Å². The zero-order valence-electron chi connectivity index (χ0n) is 16.2. The van der Waals surface area contributed by atoms with Gasteiger partial charge in [-0.1, -0.05) is 23.9 Å². The van der Waals surface area contributed by atoms with Gasteiger partial charge in [0.15, 0.2) is 0 Å². The topological polar surface area (TPSA) is 71.9 Å². The third-order valence-corrected chi connectivity index (χ3v) is 5.33. The predicted octanol–water partition coefficient (Wildman–Crippen LogP) is 1.65. The van der Waals surface area contributed by atoms with Crippen LogP contribution < -0.4 is 20.3 Å². The molecule has 3 N–H and O–H groups in total. The highest BCUT2D eigenvalue weighted by Crippen LogP contribution is 2.39. The van der Waals surface area contributed by atoms with Crippen molar-refractivity contribution in [2.24, 2.45) is 0 Å². The van der Waals surface area contributed by atoms with Crippen LogP contribution in [0.3, 0.4) is 0 Å². The Morgan fingerprint density at radius 3 is 2.82 bits per heavy atom. The minimum absolute atomic E-state index is 0.138. The molecule has 2 amide bonds. The van der Waals surface area contributed by atoms with E-state index in [1.807, 2.05) is 50.5 Å². The molecule has 0 aliphatic carbocycles. The molecule has 1 aliphatic rings. The normalized spacial score (nSPS) is 14.6. The second-order valence-electron chi connectivity index (χ2n) is 6.77. The van der Waals surface area contributed by atoms with Crippen LogP contribution in [0.4, 0.5) is 5.69 Å². The van der Waals surface area contributed by atoms with Crippen molar-refractivity contribution in [2.45, 2.75) is 4.90 Å². The summed E-state index contributed by atoms with van der Waals surface area (Å²) in [5, 5.41) is 5.78. The molecule has 146 valence electrons. The molecule has 0 radical (unpaired) electrons. The lowest BCUT2D eigenvalue weighted by Crippen LogP contribution is -3.06. The largest absolute Gasteiger partial charge is 0.497 e. The zero-order chi connectivity index (χ0) is 20.1. The minimum Gasteiger partial charge on any atom is -0.497 e. The molecule has 2 aromatic rings. The molecule has 0 atom stereocenters. The van der Waals surface area contributed by atoms with Gasteiger partial charge in [-0.3, -0.25) is 9.59 Å². The summed E-state index contributed by atoms with van der Waals surface area (Å²) in [4.78, 5) is 27.6. The molecular formula is C21H24N3O3S+. The Kier molecular flexibility index (Phi) is 6.38. The highest BCUT2D eigenvalue weighted by Gasteiger charge is 2.22. The maximum Gasteiger partial charge on any atom is 0.262 e. The Morgan fingerprint density at radius 1 is 1.25 bits per heavy atom. The molecule has 0 saturated carbocycles. The van der Waals surface area contributed by atoms with Gasteiger partial charge in [-0.15, -0.1) is 0 Å². The van der Waals surface area contributed by atoms with E-state index >= 15 is 0 Å². The van der Waals surface area contributed by atoms with Crippen molar-refractivity contribution in [1.82, 2.24) is 5.32 Å². The minimum atomic E-state index is -0.186. The molecule has 0 saturated heterocycles. The number of anilines is 1. The summed E-state index contributed by atoms with van der Waals surface area (Å²) < 4.78 is 5.23. The average Bonchev–Trinajstić information content (AvgIpc) is 2.68. The van der Waals surface area contributed by atoms with Crippen molar-refractivity contribution < 1.29 is 19.2 Å². The van der Waals surface area contributed by atoms with E-state index in [-0.39, 0.29) is 11.8 Å². The lowest BCUT2D eigenvalue weighted by Gasteiger charge is -2.19. The second kappa shape index (κ2) is 8.95. The van der Waals surface area contributed by atoms with Crippen molar-refractivity contribution in [3.63, 3.8) is 0 Å².